The van der Waals surface area contributed by atoms with Crippen molar-refractivity contribution in [3.05, 3.63) is 71.3 Å². The van der Waals surface area contributed by atoms with Crippen LogP contribution in [0.5, 0.6) is 0 Å². The predicted molar refractivity (Wildman–Crippen MR) is 101 cm³/mol. The summed E-state index contributed by atoms with van der Waals surface area (Å²) in [6, 6.07) is 15.2. The van der Waals surface area contributed by atoms with E-state index in [9.17, 15) is 4.39 Å². The van der Waals surface area contributed by atoms with E-state index < -0.39 is 0 Å². The van der Waals surface area contributed by atoms with Gasteiger partial charge in [-0.2, -0.15) is 0 Å². The van der Waals surface area contributed by atoms with Crippen LogP contribution in [0, 0.1) is 12.7 Å². The summed E-state index contributed by atoms with van der Waals surface area (Å²) in [7, 11) is 0. The fraction of sp³-hybridized carbons (Fsp3) is 0.300. The Morgan fingerprint density at radius 1 is 1.08 bits per heavy atom. The monoisotopic (exact) mass is 355 g/mol. The van der Waals surface area contributed by atoms with Crippen LogP contribution in [0.3, 0.4) is 0 Å². The molecule has 3 nitrogen and oxygen atoms in total. The average molecular weight is 355 g/mol. The summed E-state index contributed by atoms with van der Waals surface area (Å²) in [4.78, 5) is 0. The van der Waals surface area contributed by atoms with E-state index in [2.05, 4.69) is 46.8 Å². The second-order valence-electron chi connectivity index (χ2n) is 6.06. The molecule has 0 amide bonds. The summed E-state index contributed by atoms with van der Waals surface area (Å²) in [6.45, 7) is 4.24. The molecule has 0 saturated heterocycles. The van der Waals surface area contributed by atoms with E-state index in [1.165, 1.54) is 23.4 Å². The first-order chi connectivity index (χ1) is 12.2. The standard InChI is InChI=1S/C20H22FN3S/c1-3-4-12-19-22-23-20(24(19)17-10-7-8-15(2)13-17)25-14-16-9-5-6-11-18(16)21/h5-11,13H,3-4,12,14H2,1-2H3. The smallest absolute Gasteiger partial charge is 0.196 e. The molecule has 0 spiro atoms. The Hall–Kier alpha value is -2.14. The molecule has 25 heavy (non-hydrogen) atoms. The number of nitrogens with zero attached hydrogens (tertiary/aromatic N) is 3. The lowest BCUT2D eigenvalue weighted by molar-refractivity contribution is 0.617. The average Bonchev–Trinajstić information content (AvgIpc) is 3.02. The van der Waals surface area contributed by atoms with Crippen molar-refractivity contribution in [3.63, 3.8) is 0 Å². The van der Waals surface area contributed by atoms with Crippen molar-refractivity contribution in [2.45, 2.75) is 44.0 Å². The first-order valence-electron chi connectivity index (χ1n) is 8.56. The normalized spacial score (nSPS) is 11.0. The second-order valence-corrected chi connectivity index (χ2v) is 7.00. The minimum atomic E-state index is -0.178. The van der Waals surface area contributed by atoms with Crippen LogP contribution < -0.4 is 0 Å². The van der Waals surface area contributed by atoms with Crippen LogP contribution >= 0.6 is 11.8 Å². The largest absolute Gasteiger partial charge is 0.274 e. The van der Waals surface area contributed by atoms with Crippen molar-refractivity contribution >= 4 is 11.8 Å². The van der Waals surface area contributed by atoms with Gasteiger partial charge in [-0.15, -0.1) is 10.2 Å². The molecule has 1 aromatic heterocycles. The maximum atomic E-state index is 13.9. The predicted octanol–water partition coefficient (Wildman–Crippen LogP) is 5.35. The zero-order chi connectivity index (χ0) is 17.6. The van der Waals surface area contributed by atoms with Gasteiger partial charge in [0.05, 0.1) is 0 Å². The molecule has 0 radical (unpaired) electrons. The molecule has 0 aliphatic carbocycles. The number of aromatic nitrogens is 3. The van der Waals surface area contributed by atoms with Crippen LogP contribution in [0.25, 0.3) is 5.69 Å². The highest BCUT2D eigenvalue weighted by atomic mass is 32.2. The van der Waals surface area contributed by atoms with Gasteiger partial charge in [-0.25, -0.2) is 4.39 Å². The number of halogens is 1. The SMILES string of the molecule is CCCCc1nnc(SCc2ccccc2F)n1-c1cccc(C)c1. The highest BCUT2D eigenvalue weighted by Crippen LogP contribution is 2.27. The van der Waals surface area contributed by atoms with Crippen molar-refractivity contribution < 1.29 is 4.39 Å². The molecule has 130 valence electrons. The van der Waals surface area contributed by atoms with Crippen molar-refractivity contribution in [1.82, 2.24) is 14.8 Å². The fourth-order valence-corrected chi connectivity index (χ4v) is 3.63. The molecule has 0 unspecified atom stereocenters. The highest BCUT2D eigenvalue weighted by molar-refractivity contribution is 7.98. The maximum Gasteiger partial charge on any atom is 0.196 e. The molecule has 0 saturated carbocycles. The summed E-state index contributed by atoms with van der Waals surface area (Å²) in [5.41, 5.74) is 2.94. The Kier molecular flexibility index (Phi) is 5.87. The van der Waals surface area contributed by atoms with E-state index >= 15 is 0 Å². The molecule has 1 heterocycles. The summed E-state index contributed by atoms with van der Waals surface area (Å²) < 4.78 is 16.0. The lowest BCUT2D eigenvalue weighted by Gasteiger charge is -2.11. The number of rotatable bonds is 7. The van der Waals surface area contributed by atoms with Gasteiger partial charge in [-0.1, -0.05) is 55.4 Å². The van der Waals surface area contributed by atoms with Gasteiger partial charge < -0.3 is 0 Å². The van der Waals surface area contributed by atoms with Crippen LogP contribution in [0.4, 0.5) is 4.39 Å². The van der Waals surface area contributed by atoms with Crippen molar-refractivity contribution in [2.75, 3.05) is 0 Å². The number of benzene rings is 2. The molecule has 0 N–H and O–H groups in total. The van der Waals surface area contributed by atoms with Gasteiger partial charge in [-0.05, 0) is 42.7 Å². The van der Waals surface area contributed by atoms with Gasteiger partial charge >= 0.3 is 0 Å². The number of aryl methyl sites for hydroxylation is 2. The Balaban J connectivity index is 1.90. The Morgan fingerprint density at radius 2 is 1.92 bits per heavy atom. The Bertz CT molecular complexity index is 844. The fourth-order valence-electron chi connectivity index (χ4n) is 2.67. The molecule has 0 atom stereocenters. The molecule has 2 aromatic carbocycles. The van der Waals surface area contributed by atoms with Gasteiger partial charge in [0.2, 0.25) is 0 Å². The molecular formula is C20H22FN3S. The van der Waals surface area contributed by atoms with E-state index in [0.717, 1.165) is 35.9 Å². The summed E-state index contributed by atoms with van der Waals surface area (Å²) in [5.74, 6) is 1.32. The summed E-state index contributed by atoms with van der Waals surface area (Å²) >= 11 is 1.52. The first kappa shape index (κ1) is 17.7. The van der Waals surface area contributed by atoms with E-state index in [4.69, 9.17) is 0 Å². The van der Waals surface area contributed by atoms with Crippen molar-refractivity contribution in [3.8, 4) is 5.69 Å². The Morgan fingerprint density at radius 3 is 2.68 bits per heavy atom. The van der Waals surface area contributed by atoms with E-state index in [0.29, 0.717) is 11.3 Å². The number of hydrogen-bond donors (Lipinski definition) is 0. The van der Waals surface area contributed by atoms with Gasteiger partial charge in [0.25, 0.3) is 0 Å². The minimum Gasteiger partial charge on any atom is -0.274 e. The van der Waals surface area contributed by atoms with Gasteiger partial charge in [-0.3, -0.25) is 4.57 Å². The lowest BCUT2D eigenvalue weighted by atomic mass is 10.2. The molecule has 3 aromatic rings. The zero-order valence-electron chi connectivity index (χ0n) is 14.6. The van der Waals surface area contributed by atoms with Crippen molar-refractivity contribution in [2.24, 2.45) is 0 Å². The van der Waals surface area contributed by atoms with Crippen LogP contribution in [0.15, 0.2) is 53.7 Å². The summed E-state index contributed by atoms with van der Waals surface area (Å²) in [5, 5.41) is 9.57. The molecule has 0 bridgehead atoms. The third kappa shape index (κ3) is 4.28. The number of unbranched alkanes of at least 4 members (excludes halogenated alkanes) is 1. The zero-order valence-corrected chi connectivity index (χ0v) is 15.4. The Labute approximate surface area is 152 Å². The minimum absolute atomic E-state index is 0.178. The van der Waals surface area contributed by atoms with Gasteiger partial charge in [0.1, 0.15) is 11.6 Å². The molecule has 0 aliphatic rings. The quantitative estimate of drug-likeness (QED) is 0.535. The molecule has 0 fully saturated rings. The van der Waals surface area contributed by atoms with Crippen LogP contribution in [-0.4, -0.2) is 14.8 Å². The maximum absolute atomic E-state index is 13.9. The van der Waals surface area contributed by atoms with E-state index in [1.54, 1.807) is 6.07 Å². The molecule has 5 heteroatoms. The lowest BCUT2D eigenvalue weighted by Crippen LogP contribution is -2.03. The third-order valence-corrected chi connectivity index (χ3v) is 5.01. The summed E-state index contributed by atoms with van der Waals surface area (Å²) in [6.07, 6.45) is 3.07. The van der Waals surface area contributed by atoms with E-state index in [1.807, 2.05) is 18.2 Å². The van der Waals surface area contributed by atoms with E-state index in [-0.39, 0.29) is 5.82 Å². The van der Waals surface area contributed by atoms with Crippen LogP contribution in [-0.2, 0) is 12.2 Å². The van der Waals surface area contributed by atoms with Gasteiger partial charge in [0.15, 0.2) is 5.16 Å². The van der Waals surface area contributed by atoms with Gasteiger partial charge in [0, 0.05) is 17.9 Å². The second kappa shape index (κ2) is 8.30. The number of thioether (sulfide) groups is 1. The molecule has 3 rings (SSSR count). The number of hydrogen-bond acceptors (Lipinski definition) is 3. The van der Waals surface area contributed by atoms with Crippen LogP contribution in [0.2, 0.25) is 0 Å². The van der Waals surface area contributed by atoms with Crippen molar-refractivity contribution in [1.29, 1.82) is 0 Å². The first-order valence-corrected chi connectivity index (χ1v) is 9.55. The van der Waals surface area contributed by atoms with Crippen LogP contribution in [0.1, 0.15) is 36.7 Å². The highest BCUT2D eigenvalue weighted by Gasteiger charge is 2.15. The molecule has 0 aliphatic heterocycles. The molecular weight excluding hydrogens is 333 g/mol. The third-order valence-electron chi connectivity index (χ3n) is 4.03. The topological polar surface area (TPSA) is 30.7 Å².